The summed E-state index contributed by atoms with van der Waals surface area (Å²) in [6.45, 7) is 0. The van der Waals surface area contributed by atoms with Gasteiger partial charge in [0.25, 0.3) is 0 Å². The van der Waals surface area contributed by atoms with Gasteiger partial charge < -0.3 is 0 Å². The van der Waals surface area contributed by atoms with Crippen molar-refractivity contribution in [1.29, 1.82) is 0 Å². The monoisotopic (exact) mass is 224 g/mol. The smallest absolute Gasteiger partial charge is 0.213 e. The zero-order chi connectivity index (χ0) is 11.7. The highest BCUT2D eigenvalue weighted by atomic mass is 19.1. The second kappa shape index (κ2) is 3.94. The minimum atomic E-state index is -0.476. The molecule has 0 aliphatic heterocycles. The molecule has 82 valence electrons. The van der Waals surface area contributed by atoms with Crippen molar-refractivity contribution >= 4 is 10.9 Å². The molecule has 3 heteroatoms. The van der Waals surface area contributed by atoms with Gasteiger partial charge in [0, 0.05) is 17.1 Å². The van der Waals surface area contributed by atoms with Crippen LogP contribution in [0.2, 0.25) is 0 Å². The molecule has 0 atom stereocenters. The maximum Gasteiger partial charge on any atom is 0.213 e. The Balaban J connectivity index is 2.30. The van der Waals surface area contributed by atoms with Crippen LogP contribution < -0.4 is 0 Å². The first-order valence-corrected chi connectivity index (χ1v) is 5.31. The highest BCUT2D eigenvalue weighted by Gasteiger charge is 2.06. The van der Waals surface area contributed by atoms with Crippen LogP contribution in [0.25, 0.3) is 22.2 Å². The van der Waals surface area contributed by atoms with Gasteiger partial charge in [-0.25, -0.2) is 4.98 Å². The molecule has 2 aromatic heterocycles. The lowest BCUT2D eigenvalue weighted by atomic mass is 10.1. The van der Waals surface area contributed by atoms with Gasteiger partial charge in [-0.2, -0.15) is 4.39 Å². The van der Waals surface area contributed by atoms with Crippen LogP contribution in [0, 0.1) is 5.95 Å². The van der Waals surface area contributed by atoms with E-state index in [2.05, 4.69) is 9.97 Å². The Morgan fingerprint density at radius 1 is 0.882 bits per heavy atom. The van der Waals surface area contributed by atoms with Crippen LogP contribution in [0.1, 0.15) is 0 Å². The number of fused-ring (bicyclic) bond motifs is 1. The van der Waals surface area contributed by atoms with Crippen LogP contribution in [0.3, 0.4) is 0 Å². The van der Waals surface area contributed by atoms with Crippen molar-refractivity contribution < 1.29 is 4.39 Å². The molecule has 2 nitrogen and oxygen atoms in total. The van der Waals surface area contributed by atoms with E-state index in [1.807, 2.05) is 30.3 Å². The number of hydrogen-bond acceptors (Lipinski definition) is 2. The molecule has 0 unspecified atom stereocenters. The van der Waals surface area contributed by atoms with E-state index in [1.54, 1.807) is 18.3 Å². The first-order valence-electron chi connectivity index (χ1n) is 5.31. The molecule has 0 radical (unpaired) electrons. The molecule has 3 rings (SSSR count). The highest BCUT2D eigenvalue weighted by Crippen LogP contribution is 2.25. The van der Waals surface area contributed by atoms with Gasteiger partial charge in [0.15, 0.2) is 0 Å². The molecule has 0 saturated heterocycles. The van der Waals surface area contributed by atoms with Gasteiger partial charge in [-0.3, -0.25) is 4.98 Å². The number of benzene rings is 1. The summed E-state index contributed by atoms with van der Waals surface area (Å²) in [4.78, 5) is 8.21. The zero-order valence-corrected chi connectivity index (χ0v) is 8.97. The van der Waals surface area contributed by atoms with Crippen LogP contribution in [0.4, 0.5) is 4.39 Å². The Labute approximate surface area is 97.8 Å². The summed E-state index contributed by atoms with van der Waals surface area (Å²) in [5.41, 5.74) is 2.30. The number of halogens is 1. The van der Waals surface area contributed by atoms with Crippen molar-refractivity contribution in [2.45, 2.75) is 0 Å². The minimum absolute atomic E-state index is 0.476. The van der Waals surface area contributed by atoms with Gasteiger partial charge in [-0.15, -0.1) is 0 Å². The fourth-order valence-electron chi connectivity index (χ4n) is 1.87. The van der Waals surface area contributed by atoms with Gasteiger partial charge in [-0.1, -0.05) is 30.3 Å². The number of pyridine rings is 2. The van der Waals surface area contributed by atoms with E-state index in [0.717, 1.165) is 16.5 Å². The van der Waals surface area contributed by atoms with E-state index in [-0.39, 0.29) is 0 Å². The second-order valence-corrected chi connectivity index (χ2v) is 3.73. The third-order valence-corrected chi connectivity index (χ3v) is 2.62. The van der Waals surface area contributed by atoms with E-state index in [4.69, 9.17) is 0 Å². The van der Waals surface area contributed by atoms with E-state index in [1.165, 1.54) is 6.07 Å². The summed E-state index contributed by atoms with van der Waals surface area (Å²) in [6.07, 6.45) is 1.73. The Kier molecular flexibility index (Phi) is 2.29. The Morgan fingerprint density at radius 3 is 2.59 bits per heavy atom. The summed E-state index contributed by atoms with van der Waals surface area (Å²) in [7, 11) is 0. The maximum atomic E-state index is 13.1. The van der Waals surface area contributed by atoms with E-state index < -0.39 is 5.95 Å². The molecule has 0 N–H and O–H groups in total. The van der Waals surface area contributed by atoms with E-state index in [0.29, 0.717) is 5.69 Å². The van der Waals surface area contributed by atoms with Gasteiger partial charge in [-0.05, 0) is 18.2 Å². The number of aromatic nitrogens is 2. The molecule has 0 saturated carbocycles. The molecule has 17 heavy (non-hydrogen) atoms. The Hall–Kier alpha value is -2.29. The number of rotatable bonds is 1. The fourth-order valence-corrected chi connectivity index (χ4v) is 1.87. The molecule has 3 aromatic rings. The third kappa shape index (κ3) is 1.76. The van der Waals surface area contributed by atoms with Gasteiger partial charge in [0.05, 0.1) is 11.2 Å². The minimum Gasteiger partial charge on any atom is -0.256 e. The molecule has 0 aliphatic rings. The van der Waals surface area contributed by atoms with Crippen molar-refractivity contribution in [3.63, 3.8) is 0 Å². The molecule has 0 amide bonds. The maximum absolute atomic E-state index is 13.1. The van der Waals surface area contributed by atoms with Crippen LogP contribution in [-0.2, 0) is 0 Å². The Bertz CT molecular complexity index is 674. The van der Waals surface area contributed by atoms with Crippen molar-refractivity contribution in [3.8, 4) is 11.3 Å². The topological polar surface area (TPSA) is 25.8 Å². The Morgan fingerprint density at radius 2 is 1.71 bits per heavy atom. The normalized spacial score (nSPS) is 10.6. The lowest BCUT2D eigenvalue weighted by Gasteiger charge is -2.04. The van der Waals surface area contributed by atoms with Crippen molar-refractivity contribution in [3.05, 3.63) is 60.7 Å². The van der Waals surface area contributed by atoms with Crippen LogP contribution in [-0.4, -0.2) is 9.97 Å². The third-order valence-electron chi connectivity index (χ3n) is 2.62. The average Bonchev–Trinajstić information content (AvgIpc) is 2.38. The van der Waals surface area contributed by atoms with Crippen LogP contribution in [0.15, 0.2) is 54.7 Å². The molecule has 2 heterocycles. The fraction of sp³-hybridized carbons (Fsp3) is 0. The first kappa shape index (κ1) is 9.90. The van der Waals surface area contributed by atoms with Crippen molar-refractivity contribution in [1.82, 2.24) is 9.97 Å². The molecule has 0 aliphatic carbocycles. The number of para-hydroxylation sites is 1. The highest BCUT2D eigenvalue weighted by molar-refractivity contribution is 5.92. The van der Waals surface area contributed by atoms with E-state index >= 15 is 0 Å². The quantitative estimate of drug-likeness (QED) is 0.592. The second-order valence-electron chi connectivity index (χ2n) is 3.73. The summed E-state index contributed by atoms with van der Waals surface area (Å²) < 4.78 is 13.1. The molecule has 0 fully saturated rings. The predicted octanol–water partition coefficient (Wildman–Crippen LogP) is 3.44. The average molecular weight is 224 g/mol. The van der Waals surface area contributed by atoms with Gasteiger partial charge >= 0.3 is 0 Å². The molecular weight excluding hydrogens is 215 g/mol. The predicted molar refractivity (Wildman–Crippen MR) is 64.9 cm³/mol. The summed E-state index contributed by atoms with van der Waals surface area (Å²) in [5.74, 6) is -0.476. The largest absolute Gasteiger partial charge is 0.256 e. The van der Waals surface area contributed by atoms with Crippen molar-refractivity contribution in [2.75, 3.05) is 0 Å². The van der Waals surface area contributed by atoms with Crippen molar-refractivity contribution in [2.24, 2.45) is 0 Å². The molecule has 0 bridgehead atoms. The number of hydrogen-bond donors (Lipinski definition) is 0. The first-order chi connectivity index (χ1) is 8.34. The SMILES string of the molecule is Fc1cccc(-c2cccc3cccnc23)n1. The number of nitrogens with zero attached hydrogens (tertiary/aromatic N) is 2. The lowest BCUT2D eigenvalue weighted by molar-refractivity contribution is 0.585. The van der Waals surface area contributed by atoms with E-state index in [9.17, 15) is 4.39 Å². The molecule has 0 spiro atoms. The van der Waals surface area contributed by atoms with Gasteiger partial charge in [0.1, 0.15) is 0 Å². The summed E-state index contributed by atoms with van der Waals surface area (Å²) >= 11 is 0. The zero-order valence-electron chi connectivity index (χ0n) is 8.97. The summed E-state index contributed by atoms with van der Waals surface area (Å²) in [5, 5.41) is 1.02. The standard InChI is InChI=1S/C14H9FN2/c15-13-8-2-7-12(17-13)11-6-1-4-10-5-3-9-16-14(10)11/h1-9H. The summed E-state index contributed by atoms with van der Waals surface area (Å²) in [6, 6.07) is 14.4. The molecular formula is C14H9FN2. The van der Waals surface area contributed by atoms with Crippen LogP contribution >= 0.6 is 0 Å². The molecule has 1 aromatic carbocycles. The lowest BCUT2D eigenvalue weighted by Crippen LogP contribution is -1.89. The van der Waals surface area contributed by atoms with Gasteiger partial charge in [0.2, 0.25) is 5.95 Å². The van der Waals surface area contributed by atoms with Crippen LogP contribution in [0.5, 0.6) is 0 Å².